The molecule has 7 nitrogen and oxygen atoms in total. The van der Waals surface area contributed by atoms with Crippen LogP contribution >= 0.6 is 0 Å². The maximum Gasteiger partial charge on any atom is 0.269 e. The van der Waals surface area contributed by atoms with Crippen LogP contribution in [0.25, 0.3) is 0 Å². The predicted molar refractivity (Wildman–Crippen MR) is 88.8 cm³/mol. The number of nitrogens with zero attached hydrogens (tertiary/aromatic N) is 2. The van der Waals surface area contributed by atoms with Gasteiger partial charge in [0.15, 0.2) is 6.10 Å². The predicted octanol–water partition coefficient (Wildman–Crippen LogP) is 2.90. The summed E-state index contributed by atoms with van der Waals surface area (Å²) in [6.45, 7) is 6.33. The Morgan fingerprint density at radius 1 is 1.29 bits per heavy atom. The Hall–Kier alpha value is -2.44. The highest BCUT2D eigenvalue weighted by atomic mass is 16.6. The van der Waals surface area contributed by atoms with Crippen molar-refractivity contribution in [3.63, 3.8) is 0 Å². The molecular formula is C17H21N3O4. The molecule has 1 aliphatic carbocycles. The summed E-state index contributed by atoms with van der Waals surface area (Å²) in [5.74, 6) is -0.00415. The number of nitro benzene ring substituents is 1. The van der Waals surface area contributed by atoms with Crippen molar-refractivity contribution >= 4 is 17.3 Å². The first-order valence-electron chi connectivity index (χ1n) is 8.07. The molecule has 1 fully saturated rings. The molecule has 1 N–H and O–H groups in total. The van der Waals surface area contributed by atoms with Gasteiger partial charge in [-0.15, -0.1) is 0 Å². The first kappa shape index (κ1) is 16.4. The van der Waals surface area contributed by atoms with Gasteiger partial charge in [0.05, 0.1) is 16.7 Å². The summed E-state index contributed by atoms with van der Waals surface area (Å²) in [6.07, 6.45) is 1.65. The molecule has 0 saturated heterocycles. The Labute approximate surface area is 140 Å². The number of oxime groups is 1. The summed E-state index contributed by atoms with van der Waals surface area (Å²) in [7, 11) is 0. The average Bonchev–Trinajstić information content (AvgIpc) is 3.09. The molecule has 0 unspecified atom stereocenters. The normalized spacial score (nSPS) is 25.6. The number of carbonyl (C=O) groups is 1. The van der Waals surface area contributed by atoms with Crippen molar-refractivity contribution in [1.82, 2.24) is 5.32 Å². The van der Waals surface area contributed by atoms with E-state index in [1.807, 2.05) is 0 Å². The number of hydrogen-bond donors (Lipinski definition) is 1. The van der Waals surface area contributed by atoms with Crippen LogP contribution in [0.2, 0.25) is 0 Å². The van der Waals surface area contributed by atoms with E-state index >= 15 is 0 Å². The van der Waals surface area contributed by atoms with Gasteiger partial charge >= 0.3 is 0 Å². The Morgan fingerprint density at radius 2 is 1.96 bits per heavy atom. The van der Waals surface area contributed by atoms with Crippen LogP contribution in [0.5, 0.6) is 0 Å². The van der Waals surface area contributed by atoms with Crippen LogP contribution in [0, 0.1) is 21.4 Å². The highest BCUT2D eigenvalue weighted by Gasteiger charge is 2.48. The molecule has 1 amide bonds. The molecule has 0 radical (unpaired) electrons. The third-order valence-corrected chi connectivity index (χ3v) is 4.63. The monoisotopic (exact) mass is 331 g/mol. The Kier molecular flexibility index (Phi) is 4.03. The van der Waals surface area contributed by atoms with Gasteiger partial charge in [-0.3, -0.25) is 14.9 Å². The van der Waals surface area contributed by atoms with Gasteiger partial charge in [0.2, 0.25) is 0 Å². The SMILES string of the molecule is CC(C)(C)C1=NO[C@H]2[C@@H](NC(=O)c3ccc([N+](=O)[O-])cc3)CC[C@@H]12. The van der Waals surface area contributed by atoms with Crippen molar-refractivity contribution < 1.29 is 14.6 Å². The van der Waals surface area contributed by atoms with E-state index in [1.54, 1.807) is 0 Å². The van der Waals surface area contributed by atoms with Crippen molar-refractivity contribution in [2.45, 2.75) is 45.8 Å². The van der Waals surface area contributed by atoms with Crippen LogP contribution in [-0.2, 0) is 4.84 Å². The fourth-order valence-electron chi connectivity index (χ4n) is 3.43. The van der Waals surface area contributed by atoms with E-state index < -0.39 is 4.92 Å². The van der Waals surface area contributed by atoms with Crippen LogP contribution < -0.4 is 5.32 Å². The molecule has 7 heteroatoms. The maximum absolute atomic E-state index is 12.4. The van der Waals surface area contributed by atoms with Crippen LogP contribution in [0.4, 0.5) is 5.69 Å². The zero-order chi connectivity index (χ0) is 17.5. The van der Waals surface area contributed by atoms with Crippen molar-refractivity contribution in [2.24, 2.45) is 16.5 Å². The molecule has 1 heterocycles. The summed E-state index contributed by atoms with van der Waals surface area (Å²) in [5, 5.41) is 17.9. The molecule has 0 spiro atoms. The lowest BCUT2D eigenvalue weighted by Gasteiger charge is -2.22. The Bertz CT molecular complexity index is 691. The summed E-state index contributed by atoms with van der Waals surface area (Å²) in [6, 6.07) is 5.50. The number of nitrogens with one attached hydrogen (secondary N) is 1. The van der Waals surface area contributed by atoms with Gasteiger partial charge in [0.25, 0.3) is 11.6 Å². The zero-order valence-corrected chi connectivity index (χ0v) is 14.0. The van der Waals surface area contributed by atoms with Gasteiger partial charge in [-0.1, -0.05) is 25.9 Å². The summed E-state index contributed by atoms with van der Waals surface area (Å²) >= 11 is 0. The van der Waals surface area contributed by atoms with Crippen molar-refractivity contribution in [1.29, 1.82) is 0 Å². The number of amides is 1. The van der Waals surface area contributed by atoms with Gasteiger partial charge < -0.3 is 10.2 Å². The molecule has 0 bridgehead atoms. The molecular weight excluding hydrogens is 310 g/mol. The molecule has 1 aliphatic heterocycles. The topological polar surface area (TPSA) is 93.8 Å². The van der Waals surface area contributed by atoms with Crippen molar-refractivity contribution in [3.8, 4) is 0 Å². The number of carbonyl (C=O) groups excluding carboxylic acids is 1. The highest BCUT2D eigenvalue weighted by Crippen LogP contribution is 2.40. The van der Waals surface area contributed by atoms with E-state index in [0.717, 1.165) is 18.6 Å². The second-order valence-corrected chi connectivity index (χ2v) is 7.36. The van der Waals surface area contributed by atoms with Crippen LogP contribution in [0.15, 0.2) is 29.4 Å². The fourth-order valence-corrected chi connectivity index (χ4v) is 3.43. The number of rotatable bonds is 3. The zero-order valence-electron chi connectivity index (χ0n) is 14.0. The lowest BCUT2D eigenvalue weighted by atomic mass is 9.81. The largest absolute Gasteiger partial charge is 0.390 e. The van der Waals surface area contributed by atoms with Gasteiger partial charge in [0, 0.05) is 29.0 Å². The maximum atomic E-state index is 12.4. The molecule has 1 saturated carbocycles. The molecule has 2 aliphatic rings. The van der Waals surface area contributed by atoms with E-state index in [-0.39, 0.29) is 35.1 Å². The van der Waals surface area contributed by atoms with Crippen LogP contribution in [0.1, 0.15) is 44.0 Å². The van der Waals surface area contributed by atoms with E-state index in [4.69, 9.17) is 4.84 Å². The van der Waals surface area contributed by atoms with E-state index in [2.05, 4.69) is 31.2 Å². The third-order valence-electron chi connectivity index (χ3n) is 4.63. The van der Waals surface area contributed by atoms with E-state index in [9.17, 15) is 14.9 Å². The quantitative estimate of drug-likeness (QED) is 0.680. The second kappa shape index (κ2) is 5.89. The number of nitro groups is 1. The molecule has 3 rings (SSSR count). The second-order valence-electron chi connectivity index (χ2n) is 7.36. The fraction of sp³-hybridized carbons (Fsp3) is 0.529. The molecule has 1 aromatic carbocycles. The first-order valence-corrected chi connectivity index (χ1v) is 8.07. The lowest BCUT2D eigenvalue weighted by Crippen LogP contribution is -2.42. The number of fused-ring (bicyclic) bond motifs is 1. The Balaban J connectivity index is 1.65. The van der Waals surface area contributed by atoms with Crippen LogP contribution in [-0.4, -0.2) is 28.7 Å². The van der Waals surface area contributed by atoms with Crippen molar-refractivity contribution in [2.75, 3.05) is 0 Å². The lowest BCUT2D eigenvalue weighted by molar-refractivity contribution is -0.384. The number of non-ortho nitro benzene ring substituents is 1. The number of hydrogen-bond acceptors (Lipinski definition) is 5. The summed E-state index contributed by atoms with van der Waals surface area (Å²) < 4.78 is 0. The third kappa shape index (κ3) is 2.98. The van der Waals surface area contributed by atoms with Gasteiger partial charge in [-0.25, -0.2) is 0 Å². The Morgan fingerprint density at radius 3 is 2.54 bits per heavy atom. The van der Waals surface area contributed by atoms with Gasteiger partial charge in [0.1, 0.15) is 0 Å². The van der Waals surface area contributed by atoms with Gasteiger partial charge in [-0.2, -0.15) is 0 Å². The highest BCUT2D eigenvalue weighted by molar-refractivity contribution is 5.95. The molecule has 24 heavy (non-hydrogen) atoms. The minimum Gasteiger partial charge on any atom is -0.390 e. The average molecular weight is 331 g/mol. The minimum absolute atomic E-state index is 0.0326. The number of benzene rings is 1. The van der Waals surface area contributed by atoms with E-state index in [0.29, 0.717) is 5.56 Å². The van der Waals surface area contributed by atoms with Crippen molar-refractivity contribution in [3.05, 3.63) is 39.9 Å². The smallest absolute Gasteiger partial charge is 0.269 e. The molecule has 128 valence electrons. The van der Waals surface area contributed by atoms with E-state index in [1.165, 1.54) is 24.3 Å². The molecule has 0 aromatic heterocycles. The minimum atomic E-state index is -0.485. The van der Waals surface area contributed by atoms with Crippen LogP contribution in [0.3, 0.4) is 0 Å². The summed E-state index contributed by atoms with van der Waals surface area (Å²) in [5.41, 5.74) is 1.38. The van der Waals surface area contributed by atoms with Gasteiger partial charge in [-0.05, 0) is 25.0 Å². The molecule has 3 atom stereocenters. The molecule has 1 aromatic rings. The standard InChI is InChI=1S/C17H21N3O4/c1-17(2,3)15-12-8-9-13(14(12)24-19-15)18-16(21)10-4-6-11(7-5-10)20(22)23/h4-7,12-14H,8-9H2,1-3H3,(H,18,21)/t12-,13+,14-/m1/s1. The summed E-state index contributed by atoms with van der Waals surface area (Å²) in [4.78, 5) is 28.2. The first-order chi connectivity index (χ1) is 11.3.